The molecular weight excluding hydrogens is 333 g/mol. The van der Waals surface area contributed by atoms with E-state index in [1.807, 2.05) is 0 Å². The number of anilines is 1. The van der Waals surface area contributed by atoms with Crippen LogP contribution < -0.4 is 11.3 Å². The predicted octanol–water partition coefficient (Wildman–Crippen LogP) is 3.04. The normalized spacial score (nSPS) is 10.9. The molecule has 9 heteroatoms. The minimum atomic E-state index is -4.81. The summed E-state index contributed by atoms with van der Waals surface area (Å²) in [5.41, 5.74) is 1.28. The highest BCUT2D eigenvalue weighted by molar-refractivity contribution is 6.30. The Morgan fingerprint density at radius 1 is 1.17 bits per heavy atom. The number of nitrogens with zero attached hydrogens (tertiary/aromatic N) is 2. The Hall–Kier alpha value is -2.97. The van der Waals surface area contributed by atoms with Crippen LogP contribution in [0.4, 0.5) is 19.0 Å². The average Bonchev–Trinajstić information content (AvgIpc) is 2.45. The monoisotopic (exact) mass is 338 g/mol. The molecule has 0 aliphatic rings. The standard InChI is InChI=1S/C14H6ClF3N4O/c15-6-1-2-7(10(3-6)14(16,17)18)11-8(4-19)12(21)22-13(23)9(11)5-20/h1-3H,(H3,21,22,23). The maximum absolute atomic E-state index is 13.2. The predicted molar refractivity (Wildman–Crippen MR) is 76.4 cm³/mol. The van der Waals surface area contributed by atoms with Crippen molar-refractivity contribution < 1.29 is 13.2 Å². The Labute approximate surface area is 132 Å². The van der Waals surface area contributed by atoms with Crippen molar-refractivity contribution in [3.8, 4) is 23.3 Å². The van der Waals surface area contributed by atoms with E-state index in [0.717, 1.165) is 12.1 Å². The summed E-state index contributed by atoms with van der Waals surface area (Å²) >= 11 is 5.60. The molecule has 2 rings (SSSR count). The number of H-pyrrole nitrogens is 1. The number of nitrogens with two attached hydrogens (primary N) is 1. The van der Waals surface area contributed by atoms with Crippen molar-refractivity contribution in [2.45, 2.75) is 6.18 Å². The summed E-state index contributed by atoms with van der Waals surface area (Å²) < 4.78 is 39.7. The van der Waals surface area contributed by atoms with Crippen LogP contribution in [0.5, 0.6) is 0 Å². The van der Waals surface area contributed by atoms with Crippen LogP contribution in [-0.2, 0) is 6.18 Å². The van der Waals surface area contributed by atoms with Gasteiger partial charge in [0, 0.05) is 10.6 Å². The fourth-order valence-corrected chi connectivity index (χ4v) is 2.25. The number of rotatable bonds is 1. The van der Waals surface area contributed by atoms with Gasteiger partial charge in [0.05, 0.1) is 5.56 Å². The lowest BCUT2D eigenvalue weighted by Gasteiger charge is -2.15. The van der Waals surface area contributed by atoms with Gasteiger partial charge in [-0.1, -0.05) is 17.7 Å². The minimum Gasteiger partial charge on any atom is -0.384 e. The van der Waals surface area contributed by atoms with E-state index in [4.69, 9.17) is 27.9 Å². The Balaban J connectivity index is 3.03. The number of benzene rings is 1. The van der Waals surface area contributed by atoms with Gasteiger partial charge in [-0.25, -0.2) is 0 Å². The Bertz CT molecular complexity index is 935. The molecule has 0 atom stereocenters. The largest absolute Gasteiger partial charge is 0.417 e. The van der Waals surface area contributed by atoms with Gasteiger partial charge in [0.15, 0.2) is 0 Å². The van der Waals surface area contributed by atoms with Crippen LogP contribution in [0, 0.1) is 22.7 Å². The topological polar surface area (TPSA) is 106 Å². The fourth-order valence-electron chi connectivity index (χ4n) is 2.08. The summed E-state index contributed by atoms with van der Waals surface area (Å²) in [4.78, 5) is 13.8. The summed E-state index contributed by atoms with van der Waals surface area (Å²) in [6.07, 6.45) is -4.81. The molecule has 0 bridgehead atoms. The molecule has 0 spiro atoms. The Morgan fingerprint density at radius 2 is 1.78 bits per heavy atom. The lowest BCUT2D eigenvalue weighted by Crippen LogP contribution is -2.17. The van der Waals surface area contributed by atoms with Crippen molar-refractivity contribution in [1.82, 2.24) is 4.98 Å². The van der Waals surface area contributed by atoms with E-state index in [9.17, 15) is 18.0 Å². The van der Waals surface area contributed by atoms with Gasteiger partial charge in [-0.2, -0.15) is 23.7 Å². The third kappa shape index (κ3) is 2.85. The molecule has 1 aromatic heterocycles. The number of halogens is 4. The average molecular weight is 339 g/mol. The van der Waals surface area contributed by atoms with Crippen molar-refractivity contribution >= 4 is 17.4 Å². The molecule has 1 aromatic carbocycles. The SMILES string of the molecule is N#Cc1c(N)[nH]c(=O)c(C#N)c1-c1ccc(Cl)cc1C(F)(F)F. The maximum Gasteiger partial charge on any atom is 0.417 e. The molecule has 5 nitrogen and oxygen atoms in total. The molecule has 0 aliphatic heterocycles. The van der Waals surface area contributed by atoms with Gasteiger partial charge in [0.25, 0.3) is 5.56 Å². The van der Waals surface area contributed by atoms with Crippen molar-refractivity contribution in [2.24, 2.45) is 0 Å². The first-order valence-electron chi connectivity index (χ1n) is 5.93. The van der Waals surface area contributed by atoms with Gasteiger partial charge in [0.2, 0.25) is 0 Å². The molecular formula is C14H6ClF3N4O. The molecule has 0 saturated carbocycles. The number of nitrogen functional groups attached to an aromatic ring is 1. The Morgan fingerprint density at radius 3 is 2.30 bits per heavy atom. The lowest BCUT2D eigenvalue weighted by molar-refractivity contribution is -0.137. The molecule has 2 aromatic rings. The first-order chi connectivity index (χ1) is 10.7. The lowest BCUT2D eigenvalue weighted by atomic mass is 9.92. The Kier molecular flexibility index (Phi) is 4.04. The second-order valence-corrected chi connectivity index (χ2v) is 4.84. The zero-order valence-electron chi connectivity index (χ0n) is 11.1. The molecule has 0 radical (unpaired) electrons. The minimum absolute atomic E-state index is 0.184. The number of alkyl halides is 3. The van der Waals surface area contributed by atoms with E-state index in [1.54, 1.807) is 6.07 Å². The van der Waals surface area contributed by atoms with Crippen LogP contribution in [0.1, 0.15) is 16.7 Å². The molecule has 3 N–H and O–H groups in total. The molecule has 116 valence electrons. The summed E-state index contributed by atoms with van der Waals surface area (Å²) in [6.45, 7) is 0. The molecule has 23 heavy (non-hydrogen) atoms. The molecule has 0 unspecified atom stereocenters. The number of pyridine rings is 1. The van der Waals surface area contributed by atoms with Crippen molar-refractivity contribution in [3.05, 3.63) is 50.3 Å². The third-order valence-electron chi connectivity index (χ3n) is 3.02. The number of aromatic nitrogens is 1. The second kappa shape index (κ2) is 5.67. The van der Waals surface area contributed by atoms with Crippen LogP contribution in [0.3, 0.4) is 0 Å². The highest BCUT2D eigenvalue weighted by Gasteiger charge is 2.35. The van der Waals surface area contributed by atoms with E-state index in [2.05, 4.69) is 4.98 Å². The number of nitrogens with one attached hydrogen (secondary N) is 1. The van der Waals surface area contributed by atoms with Crippen LogP contribution in [-0.4, -0.2) is 4.98 Å². The molecule has 0 saturated heterocycles. The number of aromatic amines is 1. The fraction of sp³-hybridized carbons (Fsp3) is 0.0714. The van der Waals surface area contributed by atoms with E-state index in [0.29, 0.717) is 6.07 Å². The number of nitriles is 2. The zero-order chi connectivity index (χ0) is 17.4. The summed E-state index contributed by atoms with van der Waals surface area (Å²) in [5, 5.41) is 18.1. The summed E-state index contributed by atoms with van der Waals surface area (Å²) in [7, 11) is 0. The third-order valence-corrected chi connectivity index (χ3v) is 3.26. The van der Waals surface area contributed by atoms with Gasteiger partial charge in [-0.15, -0.1) is 0 Å². The number of hydrogen-bond acceptors (Lipinski definition) is 4. The second-order valence-electron chi connectivity index (χ2n) is 4.40. The summed E-state index contributed by atoms with van der Waals surface area (Å²) in [5.74, 6) is -0.422. The van der Waals surface area contributed by atoms with E-state index >= 15 is 0 Å². The molecule has 0 fully saturated rings. The van der Waals surface area contributed by atoms with Crippen LogP contribution in [0.25, 0.3) is 11.1 Å². The van der Waals surface area contributed by atoms with E-state index in [1.165, 1.54) is 6.07 Å². The van der Waals surface area contributed by atoms with Crippen LogP contribution >= 0.6 is 11.6 Å². The van der Waals surface area contributed by atoms with Gasteiger partial charge >= 0.3 is 6.18 Å². The first kappa shape index (κ1) is 16.4. The van der Waals surface area contributed by atoms with Crippen LogP contribution in [0.15, 0.2) is 23.0 Å². The number of hydrogen-bond donors (Lipinski definition) is 2. The van der Waals surface area contributed by atoms with Crippen molar-refractivity contribution in [2.75, 3.05) is 5.73 Å². The van der Waals surface area contributed by atoms with Gasteiger partial charge in [0.1, 0.15) is 29.1 Å². The van der Waals surface area contributed by atoms with Gasteiger partial charge < -0.3 is 10.7 Å². The molecule has 1 heterocycles. The zero-order valence-corrected chi connectivity index (χ0v) is 11.9. The highest BCUT2D eigenvalue weighted by Crippen LogP contribution is 2.40. The van der Waals surface area contributed by atoms with E-state index in [-0.39, 0.29) is 5.02 Å². The van der Waals surface area contributed by atoms with Gasteiger partial charge in [-0.05, 0) is 17.7 Å². The maximum atomic E-state index is 13.2. The van der Waals surface area contributed by atoms with Crippen LogP contribution in [0.2, 0.25) is 5.02 Å². The van der Waals surface area contributed by atoms with Crippen molar-refractivity contribution in [1.29, 1.82) is 10.5 Å². The van der Waals surface area contributed by atoms with Crippen molar-refractivity contribution in [3.63, 3.8) is 0 Å². The smallest absolute Gasteiger partial charge is 0.384 e. The highest BCUT2D eigenvalue weighted by atomic mass is 35.5. The first-order valence-corrected chi connectivity index (χ1v) is 6.31. The van der Waals surface area contributed by atoms with E-state index < -0.39 is 45.4 Å². The van der Waals surface area contributed by atoms with Gasteiger partial charge in [-0.3, -0.25) is 4.79 Å². The quantitative estimate of drug-likeness (QED) is 0.833. The molecule has 0 amide bonds. The molecule has 0 aliphatic carbocycles. The summed E-state index contributed by atoms with van der Waals surface area (Å²) in [6, 6.07) is 5.91.